The molecular weight excluding hydrogens is 387 g/mol. The van der Waals surface area contributed by atoms with Crippen LogP contribution in [0.25, 0.3) is 0 Å². The van der Waals surface area contributed by atoms with E-state index in [4.69, 9.17) is 24.2 Å². The second-order valence-corrected chi connectivity index (χ2v) is 7.48. The van der Waals surface area contributed by atoms with Gasteiger partial charge in [0.25, 0.3) is 0 Å². The van der Waals surface area contributed by atoms with Gasteiger partial charge < -0.3 is 24.7 Å². The van der Waals surface area contributed by atoms with E-state index in [0.29, 0.717) is 12.8 Å². The highest BCUT2D eigenvalue weighted by Crippen LogP contribution is 2.41. The van der Waals surface area contributed by atoms with Crippen molar-refractivity contribution in [2.45, 2.75) is 44.0 Å². The summed E-state index contributed by atoms with van der Waals surface area (Å²) < 4.78 is 21.1. The van der Waals surface area contributed by atoms with E-state index in [-0.39, 0.29) is 13.0 Å². The molecule has 0 bridgehead atoms. The summed E-state index contributed by atoms with van der Waals surface area (Å²) in [6.07, 6.45) is 15.2. The first-order valence-corrected chi connectivity index (χ1v) is 10.3. The minimum Gasteiger partial charge on any atom is -0.455 e. The molecule has 1 aliphatic heterocycles. The van der Waals surface area contributed by atoms with E-state index in [1.54, 1.807) is 42.5 Å². The minimum absolute atomic E-state index is 0.0472. The number of hydrogen-bond donors (Lipinski definition) is 4. The van der Waals surface area contributed by atoms with Crippen LogP contribution in [0.15, 0.2) is 60.8 Å². The average molecular weight is 414 g/mol. The van der Waals surface area contributed by atoms with Crippen molar-refractivity contribution >= 4 is 13.8 Å². The van der Waals surface area contributed by atoms with Crippen LogP contribution in [-0.2, 0) is 18.6 Å². The highest BCUT2D eigenvalue weighted by Gasteiger charge is 2.35. The molecule has 0 aromatic rings. The first kappa shape index (κ1) is 24.2. The third kappa shape index (κ3) is 10.5. The fourth-order valence-corrected chi connectivity index (χ4v) is 3.02. The molecule has 0 aromatic carbocycles. The van der Waals surface area contributed by atoms with E-state index in [1.807, 2.05) is 0 Å². The Labute approximate surface area is 164 Å². The molecule has 28 heavy (non-hydrogen) atoms. The van der Waals surface area contributed by atoms with E-state index >= 15 is 0 Å². The molecule has 0 spiro atoms. The van der Waals surface area contributed by atoms with Gasteiger partial charge in [-0.2, -0.15) is 0 Å². The monoisotopic (exact) mass is 414 g/mol. The molecule has 0 saturated carbocycles. The Bertz CT molecular complexity index is 684. The van der Waals surface area contributed by atoms with Crippen LogP contribution >= 0.6 is 7.82 Å². The van der Waals surface area contributed by atoms with Gasteiger partial charge in [-0.3, -0.25) is 4.52 Å². The lowest BCUT2D eigenvalue weighted by atomic mass is 9.94. The van der Waals surface area contributed by atoms with Crippen molar-refractivity contribution in [3.05, 3.63) is 60.8 Å². The van der Waals surface area contributed by atoms with Crippen molar-refractivity contribution in [3.8, 4) is 0 Å². The molecule has 1 heterocycles. The largest absolute Gasteiger partial charge is 0.469 e. The molecule has 0 aromatic heterocycles. The van der Waals surface area contributed by atoms with Crippen LogP contribution in [0.3, 0.4) is 0 Å². The first-order chi connectivity index (χ1) is 13.1. The molecule has 0 fully saturated rings. The molecule has 4 N–H and O–H groups in total. The van der Waals surface area contributed by atoms with E-state index in [2.05, 4.69) is 0 Å². The zero-order valence-corrected chi connectivity index (χ0v) is 16.5. The second kappa shape index (κ2) is 11.9. The zero-order chi connectivity index (χ0) is 21.0. The lowest BCUT2D eigenvalue weighted by Gasteiger charge is -2.30. The smallest absolute Gasteiger partial charge is 0.455 e. The lowest BCUT2D eigenvalue weighted by Crippen LogP contribution is -2.39. The maximum Gasteiger partial charge on any atom is 0.469 e. The van der Waals surface area contributed by atoms with Crippen LogP contribution in [0.5, 0.6) is 0 Å². The maximum absolute atomic E-state index is 11.3. The molecule has 0 amide bonds. The molecule has 0 saturated heterocycles. The number of cyclic esters (lactones) is 1. The Balaban J connectivity index is 2.72. The molecular formula is C19H27O8P. The van der Waals surface area contributed by atoms with Gasteiger partial charge in [-0.15, -0.1) is 0 Å². The SMILES string of the molecule is CC(O)(/C=C/C1CC=CC(=O)O1)C(CC\C=C/C=C\C=C\CO)OP(=O)(O)O. The van der Waals surface area contributed by atoms with Crippen LogP contribution in [0, 0.1) is 0 Å². The summed E-state index contributed by atoms with van der Waals surface area (Å²) in [5.41, 5.74) is -1.69. The van der Waals surface area contributed by atoms with Gasteiger partial charge in [0, 0.05) is 12.5 Å². The molecule has 9 heteroatoms. The third-order valence-electron chi connectivity index (χ3n) is 3.76. The predicted molar refractivity (Wildman–Crippen MR) is 104 cm³/mol. The van der Waals surface area contributed by atoms with E-state index in [0.717, 1.165) is 0 Å². The molecule has 1 aliphatic rings. The number of carbonyl (C=O) groups is 1. The fraction of sp³-hybridized carbons (Fsp3) is 0.421. The summed E-state index contributed by atoms with van der Waals surface area (Å²) in [6.45, 7) is 1.32. The van der Waals surface area contributed by atoms with Crippen LogP contribution in [0.2, 0.25) is 0 Å². The Kier molecular flexibility index (Phi) is 10.3. The molecule has 0 radical (unpaired) electrons. The standard InChI is InChI=1S/C19H27O8P/c1-19(22,14-13-16-10-9-12-18(21)26-16)17(27-28(23,24)25)11-7-5-3-2-4-6-8-15-20/h2-6,8-9,12-14,16-17,20,22H,7,10-11,15H2,1H3,(H2,23,24,25)/b4-2-,5-3-,8-6+,14-13+. The summed E-state index contributed by atoms with van der Waals surface area (Å²) in [5.74, 6) is -0.490. The lowest BCUT2D eigenvalue weighted by molar-refractivity contribution is -0.141. The van der Waals surface area contributed by atoms with Crippen LogP contribution < -0.4 is 0 Å². The molecule has 0 aliphatic carbocycles. The van der Waals surface area contributed by atoms with Gasteiger partial charge in [-0.05, 0) is 25.8 Å². The summed E-state index contributed by atoms with van der Waals surface area (Å²) >= 11 is 0. The number of esters is 1. The highest BCUT2D eigenvalue weighted by molar-refractivity contribution is 7.46. The number of ether oxygens (including phenoxy) is 1. The van der Waals surface area contributed by atoms with Crippen molar-refractivity contribution in [1.82, 2.24) is 0 Å². The number of carbonyl (C=O) groups excluding carboxylic acids is 1. The van der Waals surface area contributed by atoms with Crippen molar-refractivity contribution in [1.29, 1.82) is 0 Å². The van der Waals surface area contributed by atoms with Gasteiger partial charge in [0.2, 0.25) is 0 Å². The van der Waals surface area contributed by atoms with Crippen LogP contribution in [0.1, 0.15) is 26.2 Å². The molecule has 1 rings (SSSR count). The molecule has 3 unspecified atom stereocenters. The molecule has 3 atom stereocenters. The third-order valence-corrected chi connectivity index (χ3v) is 4.29. The summed E-state index contributed by atoms with van der Waals surface area (Å²) in [6, 6.07) is 0. The topological polar surface area (TPSA) is 134 Å². The van der Waals surface area contributed by atoms with Crippen molar-refractivity contribution in [2.75, 3.05) is 6.61 Å². The number of rotatable bonds is 11. The quantitative estimate of drug-likeness (QED) is 0.175. The van der Waals surface area contributed by atoms with Gasteiger partial charge in [0.05, 0.1) is 6.61 Å². The average Bonchev–Trinajstić information content (AvgIpc) is 2.60. The van der Waals surface area contributed by atoms with Crippen molar-refractivity contribution < 1.29 is 38.6 Å². The second-order valence-electron chi connectivity index (χ2n) is 6.28. The number of allylic oxidation sites excluding steroid dienone is 5. The van der Waals surface area contributed by atoms with E-state index in [9.17, 15) is 14.5 Å². The van der Waals surface area contributed by atoms with Gasteiger partial charge in [0.15, 0.2) is 0 Å². The van der Waals surface area contributed by atoms with Crippen LogP contribution in [-0.4, -0.2) is 50.4 Å². The van der Waals surface area contributed by atoms with E-state index < -0.39 is 31.6 Å². The Morgan fingerprint density at radius 3 is 2.61 bits per heavy atom. The normalized spacial score (nSPS) is 21.8. The van der Waals surface area contributed by atoms with Gasteiger partial charge in [-0.25, -0.2) is 9.36 Å². The van der Waals surface area contributed by atoms with Gasteiger partial charge in [0.1, 0.15) is 17.8 Å². The number of aliphatic hydroxyl groups is 2. The molecule has 8 nitrogen and oxygen atoms in total. The van der Waals surface area contributed by atoms with E-state index in [1.165, 1.54) is 25.2 Å². The van der Waals surface area contributed by atoms with Gasteiger partial charge >= 0.3 is 13.8 Å². The Morgan fingerprint density at radius 1 is 1.32 bits per heavy atom. The number of hydrogen-bond acceptors (Lipinski definition) is 6. The highest BCUT2D eigenvalue weighted by atomic mass is 31.2. The summed E-state index contributed by atoms with van der Waals surface area (Å²) in [4.78, 5) is 29.5. The number of phosphoric ester groups is 1. The van der Waals surface area contributed by atoms with Gasteiger partial charge in [-0.1, -0.05) is 48.6 Å². The first-order valence-electron chi connectivity index (χ1n) is 8.76. The van der Waals surface area contributed by atoms with Crippen molar-refractivity contribution in [2.24, 2.45) is 0 Å². The number of aliphatic hydroxyl groups excluding tert-OH is 1. The fourth-order valence-electron chi connectivity index (χ4n) is 2.37. The van der Waals surface area contributed by atoms with Crippen LogP contribution in [0.4, 0.5) is 0 Å². The predicted octanol–water partition coefficient (Wildman–Crippen LogP) is 2.08. The molecule has 156 valence electrons. The maximum atomic E-state index is 11.3. The van der Waals surface area contributed by atoms with Crippen molar-refractivity contribution in [3.63, 3.8) is 0 Å². The summed E-state index contributed by atoms with van der Waals surface area (Å²) in [5, 5.41) is 19.3. The summed E-state index contributed by atoms with van der Waals surface area (Å²) in [7, 11) is -4.82. The Hall–Kier alpha value is -1.80. The minimum atomic E-state index is -4.82. The number of phosphoric acid groups is 1. The zero-order valence-electron chi connectivity index (χ0n) is 15.6. The Morgan fingerprint density at radius 2 is 2.00 bits per heavy atom.